The molecule has 3 nitrogen and oxygen atoms in total. The largest absolute Gasteiger partial charge is 0.313 e. The van der Waals surface area contributed by atoms with Crippen LogP contribution in [0.5, 0.6) is 0 Å². The topological polar surface area (TPSA) is 18.5 Å². The number of halogens is 1. The van der Waals surface area contributed by atoms with Gasteiger partial charge in [0.2, 0.25) is 0 Å². The van der Waals surface area contributed by atoms with Crippen molar-refractivity contribution < 1.29 is 4.39 Å². The van der Waals surface area contributed by atoms with Crippen LogP contribution in [0.1, 0.15) is 24.3 Å². The lowest BCUT2D eigenvalue weighted by Crippen LogP contribution is -2.48. The number of hydrogen-bond acceptors (Lipinski definition) is 3. The van der Waals surface area contributed by atoms with E-state index in [-0.39, 0.29) is 5.82 Å². The zero-order valence-electron chi connectivity index (χ0n) is 12.9. The van der Waals surface area contributed by atoms with Crippen LogP contribution in [-0.2, 0) is 0 Å². The molecule has 2 fully saturated rings. The van der Waals surface area contributed by atoms with E-state index in [2.05, 4.69) is 22.2 Å². The highest BCUT2D eigenvalue weighted by atomic mass is 19.1. The van der Waals surface area contributed by atoms with E-state index in [0.717, 1.165) is 13.1 Å². The molecular formula is C17H26FN3. The van der Waals surface area contributed by atoms with E-state index in [0.29, 0.717) is 12.0 Å². The van der Waals surface area contributed by atoms with E-state index < -0.39 is 0 Å². The molecule has 0 bridgehead atoms. The van der Waals surface area contributed by atoms with Gasteiger partial charge < -0.3 is 10.2 Å². The molecule has 0 radical (unpaired) electrons. The molecule has 1 aromatic carbocycles. The number of benzene rings is 1. The number of nitrogens with one attached hydrogen (secondary N) is 1. The van der Waals surface area contributed by atoms with Gasteiger partial charge in [-0.3, -0.25) is 4.90 Å². The van der Waals surface area contributed by atoms with Crippen LogP contribution in [0.4, 0.5) is 4.39 Å². The van der Waals surface area contributed by atoms with E-state index in [1.165, 1.54) is 44.6 Å². The van der Waals surface area contributed by atoms with Gasteiger partial charge >= 0.3 is 0 Å². The molecule has 3 rings (SSSR count). The molecule has 2 aliphatic rings. The minimum Gasteiger partial charge on any atom is -0.313 e. The second-order valence-corrected chi connectivity index (χ2v) is 6.52. The van der Waals surface area contributed by atoms with Crippen LogP contribution in [0.3, 0.4) is 0 Å². The molecule has 1 aliphatic heterocycles. The first-order valence-corrected chi connectivity index (χ1v) is 8.10. The first kappa shape index (κ1) is 14.9. The number of rotatable bonds is 5. The highest BCUT2D eigenvalue weighted by Crippen LogP contribution is 2.36. The van der Waals surface area contributed by atoms with Crippen LogP contribution < -0.4 is 5.32 Å². The Labute approximate surface area is 127 Å². The van der Waals surface area contributed by atoms with E-state index in [9.17, 15) is 4.39 Å². The standard InChI is InChI=1S/C17H26FN3/c1-20-8-10-21(11-9-20)7-6-19-17-12-15(13-17)14-2-4-16(18)5-3-14/h2-5,15,17,19H,6-13H2,1H3. The Balaban J connectivity index is 1.31. The summed E-state index contributed by atoms with van der Waals surface area (Å²) >= 11 is 0. The Hall–Kier alpha value is -0.970. The maximum Gasteiger partial charge on any atom is 0.123 e. The zero-order chi connectivity index (χ0) is 14.7. The monoisotopic (exact) mass is 291 g/mol. The van der Waals surface area contributed by atoms with Crippen LogP contribution >= 0.6 is 0 Å². The maximum atomic E-state index is 12.9. The summed E-state index contributed by atoms with van der Waals surface area (Å²) < 4.78 is 12.9. The summed E-state index contributed by atoms with van der Waals surface area (Å²) in [7, 11) is 2.19. The average molecular weight is 291 g/mol. The summed E-state index contributed by atoms with van der Waals surface area (Å²) in [6, 6.07) is 7.65. The van der Waals surface area contributed by atoms with Crippen molar-refractivity contribution in [3.8, 4) is 0 Å². The fourth-order valence-electron chi connectivity index (χ4n) is 3.29. The SMILES string of the molecule is CN1CCN(CCNC2CC(c3ccc(F)cc3)C2)CC1. The summed E-state index contributed by atoms with van der Waals surface area (Å²) in [5.74, 6) is 0.478. The Morgan fingerprint density at radius 2 is 1.76 bits per heavy atom. The molecule has 1 heterocycles. The fourth-order valence-corrected chi connectivity index (χ4v) is 3.29. The van der Waals surface area contributed by atoms with Crippen LogP contribution in [0.2, 0.25) is 0 Å². The summed E-state index contributed by atoms with van der Waals surface area (Å²) in [6.45, 7) is 7.02. The molecule has 1 aromatic rings. The van der Waals surface area contributed by atoms with Crippen molar-refractivity contribution in [2.45, 2.75) is 24.8 Å². The van der Waals surface area contributed by atoms with Gasteiger partial charge in [-0.15, -0.1) is 0 Å². The normalized spacial score (nSPS) is 27.5. The molecule has 0 amide bonds. The Bertz CT molecular complexity index is 434. The summed E-state index contributed by atoms with van der Waals surface area (Å²) in [5, 5.41) is 3.66. The predicted octanol–water partition coefficient (Wildman–Crippen LogP) is 1.91. The molecule has 4 heteroatoms. The van der Waals surface area contributed by atoms with Gasteiger partial charge in [0, 0.05) is 45.3 Å². The van der Waals surface area contributed by atoms with Crippen molar-refractivity contribution in [3.63, 3.8) is 0 Å². The van der Waals surface area contributed by atoms with Gasteiger partial charge in [0.05, 0.1) is 0 Å². The van der Waals surface area contributed by atoms with Crippen LogP contribution in [-0.4, -0.2) is 62.2 Å². The first-order valence-electron chi connectivity index (χ1n) is 8.10. The third kappa shape index (κ3) is 4.02. The lowest BCUT2D eigenvalue weighted by atomic mass is 9.76. The quantitative estimate of drug-likeness (QED) is 0.894. The van der Waals surface area contributed by atoms with E-state index in [4.69, 9.17) is 0 Å². The summed E-state index contributed by atoms with van der Waals surface area (Å²) in [6.07, 6.45) is 2.38. The molecule has 116 valence electrons. The summed E-state index contributed by atoms with van der Waals surface area (Å²) in [4.78, 5) is 4.94. The molecule has 1 saturated heterocycles. The molecule has 1 aliphatic carbocycles. The Morgan fingerprint density at radius 3 is 2.43 bits per heavy atom. The third-order valence-corrected chi connectivity index (χ3v) is 4.94. The lowest BCUT2D eigenvalue weighted by molar-refractivity contribution is 0.150. The highest BCUT2D eigenvalue weighted by Gasteiger charge is 2.29. The van der Waals surface area contributed by atoms with Crippen molar-refractivity contribution in [2.24, 2.45) is 0 Å². The Kier molecular flexibility index (Phi) is 4.88. The van der Waals surface area contributed by atoms with Gasteiger partial charge in [-0.2, -0.15) is 0 Å². The number of piperazine rings is 1. The molecule has 1 saturated carbocycles. The smallest absolute Gasteiger partial charge is 0.123 e. The van der Waals surface area contributed by atoms with Crippen LogP contribution in [0.25, 0.3) is 0 Å². The maximum absolute atomic E-state index is 12.9. The van der Waals surface area contributed by atoms with Crippen LogP contribution in [0.15, 0.2) is 24.3 Å². The van der Waals surface area contributed by atoms with Crippen molar-refractivity contribution in [1.29, 1.82) is 0 Å². The second-order valence-electron chi connectivity index (χ2n) is 6.52. The van der Waals surface area contributed by atoms with Crippen molar-refractivity contribution in [1.82, 2.24) is 15.1 Å². The van der Waals surface area contributed by atoms with Crippen molar-refractivity contribution in [2.75, 3.05) is 46.3 Å². The van der Waals surface area contributed by atoms with Gasteiger partial charge in [0.1, 0.15) is 5.82 Å². The summed E-state index contributed by atoms with van der Waals surface area (Å²) in [5.41, 5.74) is 1.29. The van der Waals surface area contributed by atoms with Gasteiger partial charge in [0.25, 0.3) is 0 Å². The molecule has 0 aromatic heterocycles. The molecule has 0 spiro atoms. The number of nitrogens with zero attached hydrogens (tertiary/aromatic N) is 2. The van der Waals surface area contributed by atoms with E-state index in [1.54, 1.807) is 12.1 Å². The molecule has 1 N–H and O–H groups in total. The number of likely N-dealkylation sites (N-methyl/N-ethyl adjacent to an activating group) is 1. The van der Waals surface area contributed by atoms with Gasteiger partial charge in [-0.1, -0.05) is 12.1 Å². The molecule has 0 atom stereocenters. The highest BCUT2D eigenvalue weighted by molar-refractivity contribution is 5.23. The van der Waals surface area contributed by atoms with Crippen molar-refractivity contribution >= 4 is 0 Å². The van der Waals surface area contributed by atoms with Gasteiger partial charge in [-0.05, 0) is 43.5 Å². The minimum absolute atomic E-state index is 0.139. The average Bonchev–Trinajstić information content (AvgIpc) is 2.45. The lowest BCUT2D eigenvalue weighted by Gasteiger charge is -2.37. The molecule has 21 heavy (non-hydrogen) atoms. The molecular weight excluding hydrogens is 265 g/mol. The van der Waals surface area contributed by atoms with E-state index >= 15 is 0 Å². The van der Waals surface area contributed by atoms with Crippen molar-refractivity contribution in [3.05, 3.63) is 35.6 Å². The van der Waals surface area contributed by atoms with Gasteiger partial charge in [0.15, 0.2) is 0 Å². The first-order chi connectivity index (χ1) is 10.2. The molecule has 0 unspecified atom stereocenters. The van der Waals surface area contributed by atoms with Gasteiger partial charge in [-0.25, -0.2) is 4.39 Å². The fraction of sp³-hybridized carbons (Fsp3) is 0.647. The predicted molar refractivity (Wildman–Crippen MR) is 84.1 cm³/mol. The number of hydrogen-bond donors (Lipinski definition) is 1. The zero-order valence-corrected chi connectivity index (χ0v) is 12.9. The second kappa shape index (κ2) is 6.86. The van der Waals surface area contributed by atoms with Crippen LogP contribution in [0, 0.1) is 5.82 Å². The van der Waals surface area contributed by atoms with E-state index in [1.807, 2.05) is 12.1 Å². The Morgan fingerprint density at radius 1 is 1.10 bits per heavy atom. The minimum atomic E-state index is -0.139. The third-order valence-electron chi connectivity index (χ3n) is 4.94.